The number of rotatable bonds is 3. The van der Waals surface area contributed by atoms with Gasteiger partial charge in [0.05, 0.1) is 5.54 Å². The molecule has 0 amide bonds. The van der Waals surface area contributed by atoms with E-state index in [1.54, 1.807) is 12.5 Å². The molecule has 1 heterocycles. The fourth-order valence-electron chi connectivity index (χ4n) is 1.62. The third-order valence-electron chi connectivity index (χ3n) is 2.68. The molecule has 1 aromatic heterocycles. The van der Waals surface area contributed by atoms with E-state index in [1.807, 2.05) is 6.07 Å². The fourth-order valence-corrected chi connectivity index (χ4v) is 1.62. The molecule has 1 aromatic rings. The summed E-state index contributed by atoms with van der Waals surface area (Å²) in [5, 5.41) is 3.37. The summed E-state index contributed by atoms with van der Waals surface area (Å²) in [5.74, 6) is 0.875. The van der Waals surface area contributed by atoms with Gasteiger partial charge in [-0.15, -0.1) is 0 Å². The second-order valence-electron chi connectivity index (χ2n) is 3.56. The van der Waals surface area contributed by atoms with Crippen LogP contribution in [0.2, 0.25) is 0 Å². The van der Waals surface area contributed by atoms with Crippen LogP contribution in [0.5, 0.6) is 0 Å². The molecule has 0 aromatic carbocycles. The third kappa shape index (κ3) is 1.62. The molecule has 0 spiro atoms. The summed E-state index contributed by atoms with van der Waals surface area (Å²) < 4.78 is 0. The van der Waals surface area contributed by atoms with Crippen molar-refractivity contribution in [3.8, 4) is 0 Å². The van der Waals surface area contributed by atoms with Crippen molar-refractivity contribution in [2.75, 3.05) is 11.9 Å². The lowest BCUT2D eigenvalue weighted by Crippen LogP contribution is -2.51. The maximum absolute atomic E-state index is 5.71. The van der Waals surface area contributed by atoms with Gasteiger partial charge in [-0.3, -0.25) is 0 Å². The molecule has 3 N–H and O–H groups in total. The summed E-state index contributed by atoms with van der Waals surface area (Å²) in [6.45, 7) is 0.678. The average Bonchev–Trinajstić information content (AvgIpc) is 2.13. The number of nitrogens with two attached hydrogens (primary N) is 1. The molecular formula is C9H14N4. The first-order valence-electron chi connectivity index (χ1n) is 4.59. The Hall–Kier alpha value is -1.16. The Balaban J connectivity index is 2.05. The van der Waals surface area contributed by atoms with Crippen LogP contribution in [-0.4, -0.2) is 22.1 Å². The van der Waals surface area contributed by atoms with Gasteiger partial charge in [0.2, 0.25) is 0 Å². The molecule has 2 rings (SSSR count). The van der Waals surface area contributed by atoms with Crippen molar-refractivity contribution in [1.82, 2.24) is 9.97 Å². The lowest BCUT2D eigenvalue weighted by Gasteiger charge is -2.42. The summed E-state index contributed by atoms with van der Waals surface area (Å²) >= 11 is 0. The van der Waals surface area contributed by atoms with Crippen LogP contribution in [0, 0.1) is 0 Å². The van der Waals surface area contributed by atoms with Crippen LogP contribution in [0.25, 0.3) is 0 Å². The number of hydrogen-bond donors (Lipinski definition) is 2. The molecule has 1 aliphatic carbocycles. The highest BCUT2D eigenvalue weighted by molar-refractivity contribution is 5.37. The predicted molar refractivity (Wildman–Crippen MR) is 51.3 cm³/mol. The monoisotopic (exact) mass is 178 g/mol. The molecule has 4 nitrogen and oxygen atoms in total. The molecule has 70 valence electrons. The first kappa shape index (κ1) is 8.44. The second kappa shape index (κ2) is 3.30. The van der Waals surface area contributed by atoms with Gasteiger partial charge in [0.25, 0.3) is 0 Å². The molecule has 0 unspecified atom stereocenters. The van der Waals surface area contributed by atoms with Crippen molar-refractivity contribution in [3.63, 3.8) is 0 Å². The highest BCUT2D eigenvalue weighted by Crippen LogP contribution is 2.33. The van der Waals surface area contributed by atoms with Crippen molar-refractivity contribution in [1.29, 1.82) is 0 Å². The Morgan fingerprint density at radius 2 is 2.38 bits per heavy atom. The standard InChI is InChI=1S/C9H14N4/c10-6-9(3-1-4-9)13-8-2-5-11-7-12-8/h2,5,7H,1,3-4,6,10H2,(H,11,12,13). The maximum atomic E-state index is 5.71. The number of nitrogens with one attached hydrogen (secondary N) is 1. The van der Waals surface area contributed by atoms with E-state index in [-0.39, 0.29) is 5.54 Å². The molecule has 1 saturated carbocycles. The van der Waals surface area contributed by atoms with Crippen molar-refractivity contribution in [2.45, 2.75) is 24.8 Å². The van der Waals surface area contributed by atoms with Crippen molar-refractivity contribution in [3.05, 3.63) is 18.6 Å². The molecule has 1 fully saturated rings. The number of nitrogens with zero attached hydrogens (tertiary/aromatic N) is 2. The summed E-state index contributed by atoms with van der Waals surface area (Å²) in [4.78, 5) is 7.98. The Labute approximate surface area is 77.6 Å². The number of aromatic nitrogens is 2. The lowest BCUT2D eigenvalue weighted by atomic mass is 9.77. The van der Waals surface area contributed by atoms with Crippen LogP contribution in [0.1, 0.15) is 19.3 Å². The molecule has 0 radical (unpaired) electrons. The first-order valence-corrected chi connectivity index (χ1v) is 4.59. The SMILES string of the molecule is NCC1(Nc2ccncn2)CCC1. The highest BCUT2D eigenvalue weighted by Gasteiger charge is 2.35. The van der Waals surface area contributed by atoms with Crippen LogP contribution in [0.15, 0.2) is 18.6 Å². The molecule has 1 aliphatic rings. The number of anilines is 1. The van der Waals surface area contributed by atoms with Crippen LogP contribution < -0.4 is 11.1 Å². The zero-order valence-corrected chi connectivity index (χ0v) is 7.53. The zero-order chi connectivity index (χ0) is 9.15. The van der Waals surface area contributed by atoms with E-state index >= 15 is 0 Å². The van der Waals surface area contributed by atoms with Crippen LogP contribution in [0.3, 0.4) is 0 Å². The van der Waals surface area contributed by atoms with Gasteiger partial charge in [-0.2, -0.15) is 0 Å². The van der Waals surface area contributed by atoms with Crippen molar-refractivity contribution < 1.29 is 0 Å². The molecular weight excluding hydrogens is 164 g/mol. The molecule has 0 saturated heterocycles. The summed E-state index contributed by atoms with van der Waals surface area (Å²) in [7, 11) is 0. The van der Waals surface area contributed by atoms with Gasteiger partial charge in [-0.25, -0.2) is 9.97 Å². The summed E-state index contributed by atoms with van der Waals surface area (Å²) in [6.07, 6.45) is 6.83. The summed E-state index contributed by atoms with van der Waals surface area (Å²) in [5.41, 5.74) is 5.82. The quantitative estimate of drug-likeness (QED) is 0.717. The van der Waals surface area contributed by atoms with E-state index in [0.717, 1.165) is 18.7 Å². The van der Waals surface area contributed by atoms with Gasteiger partial charge >= 0.3 is 0 Å². The molecule has 0 bridgehead atoms. The van der Waals surface area contributed by atoms with Gasteiger partial charge in [-0.1, -0.05) is 0 Å². The predicted octanol–water partition coefficient (Wildman–Crippen LogP) is 0.770. The third-order valence-corrected chi connectivity index (χ3v) is 2.68. The topological polar surface area (TPSA) is 63.8 Å². The van der Waals surface area contributed by atoms with Crippen LogP contribution in [0.4, 0.5) is 5.82 Å². The molecule has 13 heavy (non-hydrogen) atoms. The lowest BCUT2D eigenvalue weighted by molar-refractivity contribution is 0.286. The van der Waals surface area contributed by atoms with E-state index in [0.29, 0.717) is 6.54 Å². The maximum Gasteiger partial charge on any atom is 0.129 e. The Morgan fingerprint density at radius 3 is 2.85 bits per heavy atom. The van der Waals surface area contributed by atoms with Gasteiger partial charge in [0.1, 0.15) is 12.1 Å². The molecule has 4 heteroatoms. The minimum atomic E-state index is 0.106. The normalized spacial score (nSPS) is 19.2. The van der Waals surface area contributed by atoms with Crippen LogP contribution in [-0.2, 0) is 0 Å². The van der Waals surface area contributed by atoms with Gasteiger partial charge in [0.15, 0.2) is 0 Å². The van der Waals surface area contributed by atoms with E-state index in [1.165, 1.54) is 6.42 Å². The average molecular weight is 178 g/mol. The largest absolute Gasteiger partial charge is 0.363 e. The molecule has 0 atom stereocenters. The van der Waals surface area contributed by atoms with E-state index in [2.05, 4.69) is 15.3 Å². The second-order valence-corrected chi connectivity index (χ2v) is 3.56. The molecule has 0 aliphatic heterocycles. The van der Waals surface area contributed by atoms with E-state index in [9.17, 15) is 0 Å². The van der Waals surface area contributed by atoms with E-state index in [4.69, 9.17) is 5.73 Å². The zero-order valence-electron chi connectivity index (χ0n) is 7.53. The van der Waals surface area contributed by atoms with Crippen LogP contribution >= 0.6 is 0 Å². The number of hydrogen-bond acceptors (Lipinski definition) is 4. The summed E-state index contributed by atoms with van der Waals surface area (Å²) in [6, 6.07) is 1.87. The van der Waals surface area contributed by atoms with Crippen molar-refractivity contribution >= 4 is 5.82 Å². The van der Waals surface area contributed by atoms with Gasteiger partial charge in [-0.05, 0) is 25.3 Å². The minimum absolute atomic E-state index is 0.106. The fraction of sp³-hybridized carbons (Fsp3) is 0.556. The van der Waals surface area contributed by atoms with Gasteiger partial charge in [0, 0.05) is 12.7 Å². The Bertz CT molecular complexity index is 263. The highest BCUT2D eigenvalue weighted by atomic mass is 15.1. The van der Waals surface area contributed by atoms with E-state index < -0.39 is 0 Å². The van der Waals surface area contributed by atoms with Crippen molar-refractivity contribution in [2.24, 2.45) is 5.73 Å². The Morgan fingerprint density at radius 1 is 1.54 bits per heavy atom. The smallest absolute Gasteiger partial charge is 0.129 e. The first-order chi connectivity index (χ1) is 6.35. The van der Waals surface area contributed by atoms with Gasteiger partial charge < -0.3 is 11.1 Å². The minimum Gasteiger partial charge on any atom is -0.363 e. The Kier molecular flexibility index (Phi) is 2.14.